The molecule has 15 heavy (non-hydrogen) atoms. The maximum Gasteiger partial charge on any atom is 0.231 e. The van der Waals surface area contributed by atoms with Gasteiger partial charge in [-0.3, -0.25) is 0 Å². The largest absolute Gasteiger partial charge is 0.454 e. The first-order valence-electron chi connectivity index (χ1n) is 5.11. The van der Waals surface area contributed by atoms with E-state index >= 15 is 0 Å². The summed E-state index contributed by atoms with van der Waals surface area (Å²) in [6.07, 6.45) is 0. The second kappa shape index (κ2) is 4.89. The normalized spacial score (nSPS) is 12.9. The molecule has 0 bridgehead atoms. The maximum atomic E-state index is 5.27. The van der Waals surface area contributed by atoms with Crippen molar-refractivity contribution in [2.24, 2.45) is 0 Å². The summed E-state index contributed by atoms with van der Waals surface area (Å²) >= 11 is 0. The Hall–Kier alpha value is -1.42. The molecule has 1 aromatic rings. The first kappa shape index (κ1) is 10.1. The van der Waals surface area contributed by atoms with Gasteiger partial charge in [-0.2, -0.15) is 0 Å². The van der Waals surface area contributed by atoms with Crippen LogP contribution in [-0.2, 0) is 4.74 Å². The zero-order chi connectivity index (χ0) is 10.5. The molecular formula is C11H15NO3. The van der Waals surface area contributed by atoms with Crippen LogP contribution in [0.15, 0.2) is 18.2 Å². The predicted molar refractivity (Wildman–Crippen MR) is 57.5 cm³/mol. The second-order valence-corrected chi connectivity index (χ2v) is 3.19. The van der Waals surface area contributed by atoms with E-state index in [0.29, 0.717) is 13.4 Å². The third-order valence-corrected chi connectivity index (χ3v) is 2.15. The maximum absolute atomic E-state index is 5.27. The van der Waals surface area contributed by atoms with Gasteiger partial charge >= 0.3 is 0 Å². The van der Waals surface area contributed by atoms with Gasteiger partial charge in [0.05, 0.1) is 6.61 Å². The standard InChI is InChI=1S/C11H15NO3/c1-2-13-6-5-12-9-3-4-10-11(7-9)15-8-14-10/h3-4,7,12H,2,5-6,8H2,1H3. The molecule has 0 spiro atoms. The molecule has 0 saturated carbocycles. The van der Waals surface area contributed by atoms with E-state index in [1.54, 1.807) is 0 Å². The lowest BCUT2D eigenvalue weighted by atomic mass is 10.3. The molecule has 0 radical (unpaired) electrons. The highest BCUT2D eigenvalue weighted by molar-refractivity contribution is 5.55. The van der Waals surface area contributed by atoms with Crippen molar-refractivity contribution in [2.45, 2.75) is 6.92 Å². The van der Waals surface area contributed by atoms with E-state index in [0.717, 1.165) is 30.3 Å². The summed E-state index contributed by atoms with van der Waals surface area (Å²) < 4.78 is 15.7. The van der Waals surface area contributed by atoms with Crippen LogP contribution in [0.5, 0.6) is 11.5 Å². The average Bonchev–Trinajstić information content (AvgIpc) is 2.71. The minimum Gasteiger partial charge on any atom is -0.454 e. The molecule has 0 saturated heterocycles. The lowest BCUT2D eigenvalue weighted by Crippen LogP contribution is -2.08. The summed E-state index contributed by atoms with van der Waals surface area (Å²) in [4.78, 5) is 0. The minimum absolute atomic E-state index is 0.317. The Morgan fingerprint density at radius 2 is 2.20 bits per heavy atom. The summed E-state index contributed by atoms with van der Waals surface area (Å²) in [6, 6.07) is 5.82. The first-order chi connectivity index (χ1) is 7.40. The molecule has 0 atom stereocenters. The minimum atomic E-state index is 0.317. The van der Waals surface area contributed by atoms with Crippen LogP contribution in [0.3, 0.4) is 0 Å². The molecule has 0 fully saturated rings. The number of hydrogen-bond acceptors (Lipinski definition) is 4. The third kappa shape index (κ3) is 2.53. The number of anilines is 1. The van der Waals surface area contributed by atoms with Crippen molar-refractivity contribution in [2.75, 3.05) is 31.9 Å². The van der Waals surface area contributed by atoms with E-state index in [-0.39, 0.29) is 0 Å². The van der Waals surface area contributed by atoms with Crippen LogP contribution in [-0.4, -0.2) is 26.6 Å². The van der Waals surface area contributed by atoms with Crippen LogP contribution in [0.25, 0.3) is 0 Å². The van der Waals surface area contributed by atoms with Gasteiger partial charge in [0.2, 0.25) is 6.79 Å². The highest BCUT2D eigenvalue weighted by atomic mass is 16.7. The molecule has 4 heteroatoms. The fourth-order valence-corrected chi connectivity index (χ4v) is 1.42. The molecule has 0 amide bonds. The Kier molecular flexibility index (Phi) is 3.29. The highest BCUT2D eigenvalue weighted by Gasteiger charge is 2.12. The molecule has 2 rings (SSSR count). The van der Waals surface area contributed by atoms with Crippen molar-refractivity contribution in [3.63, 3.8) is 0 Å². The van der Waals surface area contributed by atoms with Crippen molar-refractivity contribution in [3.05, 3.63) is 18.2 Å². The predicted octanol–water partition coefficient (Wildman–Crippen LogP) is 1.86. The van der Waals surface area contributed by atoms with E-state index in [1.807, 2.05) is 25.1 Å². The Balaban J connectivity index is 1.87. The lowest BCUT2D eigenvalue weighted by Gasteiger charge is -2.06. The van der Waals surface area contributed by atoms with Gasteiger partial charge in [0, 0.05) is 24.9 Å². The van der Waals surface area contributed by atoms with Crippen molar-refractivity contribution in [3.8, 4) is 11.5 Å². The summed E-state index contributed by atoms with van der Waals surface area (Å²) in [5, 5.41) is 3.25. The van der Waals surface area contributed by atoms with Crippen molar-refractivity contribution >= 4 is 5.69 Å². The highest BCUT2D eigenvalue weighted by Crippen LogP contribution is 2.33. The van der Waals surface area contributed by atoms with Crippen LogP contribution in [0, 0.1) is 0 Å². The quantitative estimate of drug-likeness (QED) is 0.751. The molecule has 1 aromatic carbocycles. The monoisotopic (exact) mass is 209 g/mol. The van der Waals surface area contributed by atoms with E-state index in [2.05, 4.69) is 5.32 Å². The number of benzene rings is 1. The van der Waals surface area contributed by atoms with Crippen LogP contribution in [0.1, 0.15) is 6.92 Å². The molecule has 0 aliphatic carbocycles. The first-order valence-corrected chi connectivity index (χ1v) is 5.11. The van der Waals surface area contributed by atoms with Gasteiger partial charge < -0.3 is 19.5 Å². The molecule has 82 valence electrons. The van der Waals surface area contributed by atoms with Gasteiger partial charge in [-0.25, -0.2) is 0 Å². The summed E-state index contributed by atoms with van der Waals surface area (Å²) in [5.74, 6) is 1.61. The zero-order valence-corrected chi connectivity index (χ0v) is 8.79. The van der Waals surface area contributed by atoms with E-state index in [9.17, 15) is 0 Å². The average molecular weight is 209 g/mol. The second-order valence-electron chi connectivity index (χ2n) is 3.19. The molecule has 0 aromatic heterocycles. The van der Waals surface area contributed by atoms with Gasteiger partial charge in [-0.05, 0) is 19.1 Å². The third-order valence-electron chi connectivity index (χ3n) is 2.15. The van der Waals surface area contributed by atoms with Gasteiger partial charge in [0.1, 0.15) is 0 Å². The van der Waals surface area contributed by atoms with Gasteiger partial charge in [-0.15, -0.1) is 0 Å². The van der Waals surface area contributed by atoms with Crippen LogP contribution >= 0.6 is 0 Å². The van der Waals surface area contributed by atoms with Gasteiger partial charge in [0.15, 0.2) is 11.5 Å². The SMILES string of the molecule is CCOCCNc1ccc2c(c1)OCO2. The van der Waals surface area contributed by atoms with Crippen molar-refractivity contribution in [1.82, 2.24) is 0 Å². The Morgan fingerprint density at radius 1 is 1.33 bits per heavy atom. The zero-order valence-electron chi connectivity index (χ0n) is 8.79. The van der Waals surface area contributed by atoms with Gasteiger partial charge in [0.25, 0.3) is 0 Å². The van der Waals surface area contributed by atoms with Crippen molar-refractivity contribution in [1.29, 1.82) is 0 Å². The lowest BCUT2D eigenvalue weighted by molar-refractivity contribution is 0.158. The van der Waals surface area contributed by atoms with Crippen LogP contribution < -0.4 is 14.8 Å². The number of ether oxygens (including phenoxy) is 3. The number of fused-ring (bicyclic) bond motifs is 1. The summed E-state index contributed by atoms with van der Waals surface area (Å²) in [6.45, 7) is 4.57. The van der Waals surface area contributed by atoms with Crippen molar-refractivity contribution < 1.29 is 14.2 Å². The molecule has 1 aliphatic heterocycles. The fraction of sp³-hybridized carbons (Fsp3) is 0.455. The summed E-state index contributed by atoms with van der Waals surface area (Å²) in [5.41, 5.74) is 1.03. The molecule has 0 unspecified atom stereocenters. The van der Waals surface area contributed by atoms with Crippen LogP contribution in [0.4, 0.5) is 5.69 Å². The van der Waals surface area contributed by atoms with E-state index in [4.69, 9.17) is 14.2 Å². The molecule has 1 aliphatic rings. The number of hydrogen-bond donors (Lipinski definition) is 1. The smallest absolute Gasteiger partial charge is 0.231 e. The Labute approximate surface area is 89.1 Å². The van der Waals surface area contributed by atoms with Gasteiger partial charge in [-0.1, -0.05) is 0 Å². The van der Waals surface area contributed by atoms with E-state index < -0.39 is 0 Å². The number of nitrogens with one attached hydrogen (secondary N) is 1. The fourth-order valence-electron chi connectivity index (χ4n) is 1.42. The molecule has 1 heterocycles. The van der Waals surface area contributed by atoms with E-state index in [1.165, 1.54) is 0 Å². The number of rotatable bonds is 5. The van der Waals surface area contributed by atoms with Crippen LogP contribution in [0.2, 0.25) is 0 Å². The molecule has 4 nitrogen and oxygen atoms in total. The Bertz CT molecular complexity index is 328. The Morgan fingerprint density at radius 3 is 3.07 bits per heavy atom. The topological polar surface area (TPSA) is 39.7 Å². The molecular weight excluding hydrogens is 194 g/mol. The summed E-state index contributed by atoms with van der Waals surface area (Å²) in [7, 11) is 0. The molecule has 1 N–H and O–H groups in total.